The number of hydrogen-bond acceptors (Lipinski definition) is 3. The summed E-state index contributed by atoms with van der Waals surface area (Å²) < 4.78 is 18.6. The molecule has 1 unspecified atom stereocenters. The molecular weight excluding hydrogens is 315 g/mol. The Bertz CT molecular complexity index is 614. The van der Waals surface area contributed by atoms with Crippen molar-refractivity contribution in [1.29, 1.82) is 0 Å². The molecule has 1 atom stereocenters. The number of alkyl halides is 1. The van der Waals surface area contributed by atoms with Crippen molar-refractivity contribution >= 4 is 0 Å². The van der Waals surface area contributed by atoms with Gasteiger partial charge in [0.2, 0.25) is 0 Å². The van der Waals surface area contributed by atoms with Crippen molar-refractivity contribution < 1.29 is 9.13 Å². The molecule has 1 aromatic carbocycles. The molecule has 0 aliphatic heterocycles. The first-order chi connectivity index (χ1) is 12.2. The highest BCUT2D eigenvalue weighted by Gasteiger charge is 2.06. The van der Waals surface area contributed by atoms with Crippen molar-refractivity contribution in [2.75, 3.05) is 6.61 Å². The van der Waals surface area contributed by atoms with Gasteiger partial charge in [-0.25, -0.2) is 14.4 Å². The van der Waals surface area contributed by atoms with Crippen molar-refractivity contribution in [2.24, 2.45) is 0 Å². The minimum absolute atomic E-state index is 0.400. The Morgan fingerprint density at radius 1 is 1.04 bits per heavy atom. The number of halogens is 1. The van der Waals surface area contributed by atoms with E-state index in [0.29, 0.717) is 13.0 Å². The Labute approximate surface area is 150 Å². The van der Waals surface area contributed by atoms with E-state index in [0.717, 1.165) is 36.4 Å². The first-order valence-electron chi connectivity index (χ1n) is 9.33. The summed E-state index contributed by atoms with van der Waals surface area (Å²) in [4.78, 5) is 8.97. The van der Waals surface area contributed by atoms with Crippen LogP contribution < -0.4 is 4.74 Å². The van der Waals surface area contributed by atoms with Crippen LogP contribution in [0.4, 0.5) is 4.39 Å². The SMILES string of the molecule is CCCCCc1cnc(CCc2ccccc2OCCC(C)F)nc1. The normalized spacial score (nSPS) is 12.1. The molecule has 2 rings (SSSR count). The number of benzene rings is 1. The maximum atomic E-state index is 12.9. The van der Waals surface area contributed by atoms with Crippen LogP contribution in [-0.2, 0) is 19.3 Å². The third kappa shape index (κ3) is 7.20. The Balaban J connectivity index is 1.86. The average molecular weight is 344 g/mol. The predicted octanol–water partition coefficient (Wildman–Crippen LogP) is 5.12. The van der Waals surface area contributed by atoms with E-state index in [1.54, 1.807) is 6.92 Å². The van der Waals surface area contributed by atoms with E-state index in [4.69, 9.17) is 4.74 Å². The van der Waals surface area contributed by atoms with Gasteiger partial charge < -0.3 is 4.74 Å². The number of para-hydroxylation sites is 1. The van der Waals surface area contributed by atoms with Crippen molar-refractivity contribution in [3.05, 3.63) is 53.6 Å². The molecule has 2 aromatic rings. The van der Waals surface area contributed by atoms with Crippen LogP contribution in [0.3, 0.4) is 0 Å². The highest BCUT2D eigenvalue weighted by Crippen LogP contribution is 2.20. The van der Waals surface area contributed by atoms with Gasteiger partial charge in [0.25, 0.3) is 0 Å². The minimum Gasteiger partial charge on any atom is -0.493 e. The van der Waals surface area contributed by atoms with Crippen molar-refractivity contribution in [1.82, 2.24) is 9.97 Å². The van der Waals surface area contributed by atoms with Gasteiger partial charge in [0.15, 0.2) is 0 Å². The molecule has 136 valence electrons. The Hall–Kier alpha value is -1.97. The van der Waals surface area contributed by atoms with Crippen LogP contribution in [-0.4, -0.2) is 22.7 Å². The highest BCUT2D eigenvalue weighted by atomic mass is 19.1. The molecule has 1 heterocycles. The molecule has 1 aromatic heterocycles. The number of nitrogens with zero attached hydrogens (tertiary/aromatic N) is 2. The molecular formula is C21H29FN2O. The second-order valence-electron chi connectivity index (χ2n) is 6.49. The van der Waals surface area contributed by atoms with Crippen molar-refractivity contribution in [3.8, 4) is 5.75 Å². The van der Waals surface area contributed by atoms with Gasteiger partial charge in [-0.05, 0) is 43.4 Å². The molecule has 0 N–H and O–H groups in total. The van der Waals surface area contributed by atoms with E-state index in [1.807, 2.05) is 36.7 Å². The van der Waals surface area contributed by atoms with Crippen LogP contribution in [0, 0.1) is 0 Å². The van der Waals surface area contributed by atoms with Crippen LogP contribution in [0.2, 0.25) is 0 Å². The average Bonchev–Trinajstić information content (AvgIpc) is 2.62. The molecule has 25 heavy (non-hydrogen) atoms. The van der Waals surface area contributed by atoms with Crippen LogP contribution in [0.25, 0.3) is 0 Å². The molecule has 0 aliphatic rings. The maximum absolute atomic E-state index is 12.9. The van der Waals surface area contributed by atoms with Crippen LogP contribution in [0.5, 0.6) is 5.75 Å². The molecule has 4 heteroatoms. The van der Waals surface area contributed by atoms with E-state index in [-0.39, 0.29) is 0 Å². The fourth-order valence-corrected chi connectivity index (χ4v) is 2.65. The smallest absolute Gasteiger partial charge is 0.128 e. The Morgan fingerprint density at radius 2 is 1.80 bits per heavy atom. The van der Waals surface area contributed by atoms with Gasteiger partial charge in [0.05, 0.1) is 6.61 Å². The van der Waals surface area contributed by atoms with E-state index >= 15 is 0 Å². The summed E-state index contributed by atoms with van der Waals surface area (Å²) in [5, 5.41) is 0. The van der Waals surface area contributed by atoms with Gasteiger partial charge in [0, 0.05) is 25.2 Å². The van der Waals surface area contributed by atoms with E-state index in [1.165, 1.54) is 24.8 Å². The lowest BCUT2D eigenvalue weighted by atomic mass is 10.1. The molecule has 0 spiro atoms. The minimum atomic E-state index is -0.837. The molecule has 0 saturated heterocycles. The van der Waals surface area contributed by atoms with Crippen LogP contribution in [0.1, 0.15) is 56.5 Å². The first kappa shape index (κ1) is 19.4. The lowest BCUT2D eigenvalue weighted by Gasteiger charge is -2.11. The fraction of sp³-hybridized carbons (Fsp3) is 0.524. The van der Waals surface area contributed by atoms with E-state index < -0.39 is 6.17 Å². The van der Waals surface area contributed by atoms with Gasteiger partial charge in [-0.15, -0.1) is 0 Å². The maximum Gasteiger partial charge on any atom is 0.128 e. The summed E-state index contributed by atoms with van der Waals surface area (Å²) in [6.07, 6.45) is 9.79. The summed E-state index contributed by atoms with van der Waals surface area (Å²) in [5.41, 5.74) is 2.32. The summed E-state index contributed by atoms with van der Waals surface area (Å²) >= 11 is 0. The van der Waals surface area contributed by atoms with Crippen molar-refractivity contribution in [3.63, 3.8) is 0 Å². The summed E-state index contributed by atoms with van der Waals surface area (Å²) in [6, 6.07) is 7.93. The van der Waals surface area contributed by atoms with Crippen molar-refractivity contribution in [2.45, 2.75) is 65.0 Å². The number of hydrogen-bond donors (Lipinski definition) is 0. The van der Waals surface area contributed by atoms with Gasteiger partial charge in [-0.2, -0.15) is 0 Å². The summed E-state index contributed by atoms with van der Waals surface area (Å²) in [7, 11) is 0. The Morgan fingerprint density at radius 3 is 2.52 bits per heavy atom. The number of unbranched alkanes of at least 4 members (excludes halogenated alkanes) is 2. The molecule has 3 nitrogen and oxygen atoms in total. The van der Waals surface area contributed by atoms with Gasteiger partial charge in [-0.1, -0.05) is 38.0 Å². The monoisotopic (exact) mass is 344 g/mol. The molecule has 0 bridgehead atoms. The number of aryl methyl sites for hydroxylation is 3. The third-order valence-corrected chi connectivity index (χ3v) is 4.19. The van der Waals surface area contributed by atoms with Gasteiger partial charge in [-0.3, -0.25) is 0 Å². The first-order valence-corrected chi connectivity index (χ1v) is 9.33. The zero-order valence-corrected chi connectivity index (χ0v) is 15.4. The highest BCUT2D eigenvalue weighted by molar-refractivity contribution is 5.33. The number of ether oxygens (including phenoxy) is 1. The van der Waals surface area contributed by atoms with Gasteiger partial charge in [0.1, 0.15) is 17.7 Å². The summed E-state index contributed by atoms with van der Waals surface area (Å²) in [5.74, 6) is 1.69. The second kappa shape index (κ2) is 10.8. The Kier molecular flexibility index (Phi) is 8.36. The standard InChI is InChI=1S/C21H29FN2O/c1-3-4-5-8-18-15-23-21(24-16-18)12-11-19-9-6-7-10-20(19)25-14-13-17(2)22/h6-7,9-10,15-17H,3-5,8,11-14H2,1-2H3. The van der Waals surface area contributed by atoms with E-state index in [9.17, 15) is 4.39 Å². The molecule has 0 fully saturated rings. The van der Waals surface area contributed by atoms with Crippen LogP contribution >= 0.6 is 0 Å². The zero-order valence-electron chi connectivity index (χ0n) is 15.4. The lowest BCUT2D eigenvalue weighted by molar-refractivity contribution is 0.245. The number of aromatic nitrogens is 2. The molecule has 0 saturated carbocycles. The number of rotatable bonds is 11. The summed E-state index contributed by atoms with van der Waals surface area (Å²) in [6.45, 7) is 4.16. The second-order valence-corrected chi connectivity index (χ2v) is 6.49. The predicted molar refractivity (Wildman–Crippen MR) is 99.8 cm³/mol. The van der Waals surface area contributed by atoms with E-state index in [2.05, 4.69) is 16.9 Å². The largest absolute Gasteiger partial charge is 0.493 e. The third-order valence-electron chi connectivity index (χ3n) is 4.19. The zero-order chi connectivity index (χ0) is 17.9. The quantitative estimate of drug-likeness (QED) is 0.531. The van der Waals surface area contributed by atoms with Gasteiger partial charge >= 0.3 is 0 Å². The molecule has 0 aliphatic carbocycles. The van der Waals surface area contributed by atoms with Crippen LogP contribution in [0.15, 0.2) is 36.7 Å². The lowest BCUT2D eigenvalue weighted by Crippen LogP contribution is -2.06. The fourth-order valence-electron chi connectivity index (χ4n) is 2.65. The topological polar surface area (TPSA) is 35.0 Å². The molecule has 0 amide bonds. The molecule has 0 radical (unpaired) electrons.